The van der Waals surface area contributed by atoms with Crippen molar-refractivity contribution in [1.82, 2.24) is 0 Å². The second kappa shape index (κ2) is 8.71. The topological polar surface area (TPSA) is 112 Å². The van der Waals surface area contributed by atoms with Gasteiger partial charge >= 0.3 is 61.8 Å². The molecule has 8 heteroatoms. The van der Waals surface area contributed by atoms with Gasteiger partial charge in [-0.1, -0.05) is 13.8 Å². The van der Waals surface area contributed by atoms with Crippen LogP contribution in [0.15, 0.2) is 0 Å². The standard InChI is InChI=1S/C19H30O2.K.H2O4S.H/c1-18-9-7-13(20)11-12(18)3-4-14-15-5-6-17(21)19(15,2)10-8-16(14)18;;1-5(2,3)4;/h12-16,20H,3-11H2,1-2H3;;(H2,1,2,3,4);/t12?,13-,14-,15-,16-,18-,19-;;;/m0.../s1. The second-order valence-corrected chi connectivity index (χ2v) is 10.3. The van der Waals surface area contributed by atoms with Gasteiger partial charge in [0.2, 0.25) is 0 Å². The molecule has 0 aromatic rings. The molecule has 7 atom stereocenters. The first kappa shape index (κ1) is 24.4. The van der Waals surface area contributed by atoms with E-state index < -0.39 is 10.4 Å². The minimum absolute atomic E-state index is 0. The molecule has 4 aliphatic rings. The van der Waals surface area contributed by atoms with Gasteiger partial charge in [-0.2, -0.15) is 8.42 Å². The number of aliphatic hydroxyl groups is 1. The number of fused-ring (bicyclic) bond motifs is 5. The summed E-state index contributed by atoms with van der Waals surface area (Å²) in [5, 5.41) is 10.0. The van der Waals surface area contributed by atoms with Gasteiger partial charge < -0.3 is 5.11 Å². The van der Waals surface area contributed by atoms with Gasteiger partial charge in [0, 0.05) is 11.8 Å². The van der Waals surface area contributed by atoms with Gasteiger partial charge in [0.15, 0.2) is 0 Å². The van der Waals surface area contributed by atoms with Gasteiger partial charge in [0.25, 0.3) is 0 Å². The fourth-order valence-corrected chi connectivity index (χ4v) is 7.01. The van der Waals surface area contributed by atoms with Crippen molar-refractivity contribution in [2.45, 2.75) is 77.7 Å². The van der Waals surface area contributed by atoms with Gasteiger partial charge in [-0.05, 0) is 80.5 Å². The molecule has 4 saturated carbocycles. The molecule has 152 valence electrons. The Morgan fingerprint density at radius 2 is 1.59 bits per heavy atom. The van der Waals surface area contributed by atoms with Crippen LogP contribution in [0.2, 0.25) is 0 Å². The van der Waals surface area contributed by atoms with E-state index in [0.29, 0.717) is 17.1 Å². The van der Waals surface area contributed by atoms with Crippen LogP contribution >= 0.6 is 0 Å². The molecule has 6 nitrogen and oxygen atoms in total. The summed E-state index contributed by atoms with van der Waals surface area (Å²) >= 11 is 0. The Bertz CT molecular complexity index is 659. The molecule has 4 aliphatic carbocycles. The van der Waals surface area contributed by atoms with Crippen LogP contribution in [0.25, 0.3) is 0 Å². The maximum absolute atomic E-state index is 12.4. The molecule has 4 fully saturated rings. The van der Waals surface area contributed by atoms with Gasteiger partial charge in [0.05, 0.1) is 6.10 Å². The van der Waals surface area contributed by atoms with Crippen LogP contribution < -0.4 is 0 Å². The van der Waals surface area contributed by atoms with Crippen molar-refractivity contribution < 1.29 is 27.4 Å². The molecule has 0 bridgehead atoms. The van der Waals surface area contributed by atoms with E-state index in [-0.39, 0.29) is 62.9 Å². The van der Waals surface area contributed by atoms with Crippen LogP contribution in [0.3, 0.4) is 0 Å². The van der Waals surface area contributed by atoms with Crippen molar-refractivity contribution in [1.29, 1.82) is 0 Å². The van der Waals surface area contributed by atoms with Crippen molar-refractivity contribution >= 4 is 67.6 Å². The summed E-state index contributed by atoms with van der Waals surface area (Å²) in [5.74, 6) is 3.54. The zero-order valence-electron chi connectivity index (χ0n) is 15.7. The second-order valence-electron chi connectivity index (χ2n) is 9.45. The van der Waals surface area contributed by atoms with Gasteiger partial charge in [0.1, 0.15) is 5.78 Å². The Hall–Kier alpha value is 1.14. The summed E-state index contributed by atoms with van der Waals surface area (Å²) in [6.45, 7) is 4.78. The number of Topliss-reactive ketones (excluding diaryl/α,β-unsaturated/α-hetero) is 1. The Kier molecular flexibility index (Phi) is 7.87. The summed E-state index contributed by atoms with van der Waals surface area (Å²) in [5.41, 5.74) is 0.452. The third-order valence-corrected chi connectivity index (χ3v) is 8.35. The summed E-state index contributed by atoms with van der Waals surface area (Å²) in [7, 11) is -4.67. The predicted octanol–water partition coefficient (Wildman–Crippen LogP) is 2.66. The third kappa shape index (κ3) is 4.90. The summed E-state index contributed by atoms with van der Waals surface area (Å²) in [6, 6.07) is 0. The molecule has 0 aromatic carbocycles. The molecular formula is C19H33KO6S. The van der Waals surface area contributed by atoms with E-state index in [0.717, 1.165) is 49.9 Å². The molecule has 4 rings (SSSR count). The number of hydrogen-bond acceptors (Lipinski definition) is 4. The van der Waals surface area contributed by atoms with Crippen LogP contribution in [0.4, 0.5) is 0 Å². The number of carbonyl (C=O) groups excluding carboxylic acids is 1. The predicted molar refractivity (Wildman–Crippen MR) is 104 cm³/mol. The first-order chi connectivity index (χ1) is 11.9. The first-order valence-electron chi connectivity index (χ1n) is 9.86. The molecule has 0 amide bonds. The first-order valence-corrected chi connectivity index (χ1v) is 11.3. The van der Waals surface area contributed by atoms with Crippen LogP contribution in [0.5, 0.6) is 0 Å². The minimum atomic E-state index is -4.67. The maximum atomic E-state index is 12.4. The zero-order valence-corrected chi connectivity index (χ0v) is 16.5. The van der Waals surface area contributed by atoms with E-state index in [2.05, 4.69) is 13.8 Å². The van der Waals surface area contributed by atoms with E-state index in [1.165, 1.54) is 25.7 Å². The Morgan fingerprint density at radius 3 is 2.22 bits per heavy atom. The van der Waals surface area contributed by atoms with Crippen molar-refractivity contribution in [3.05, 3.63) is 0 Å². The summed E-state index contributed by atoms with van der Waals surface area (Å²) in [6.07, 6.45) is 10.1. The number of carbonyl (C=O) groups is 1. The average molecular weight is 429 g/mol. The van der Waals surface area contributed by atoms with E-state index in [4.69, 9.17) is 17.5 Å². The van der Waals surface area contributed by atoms with Crippen molar-refractivity contribution in [3.8, 4) is 0 Å². The Labute approximate surface area is 205 Å². The zero-order chi connectivity index (χ0) is 19.3. The Morgan fingerprint density at radius 1 is 0.963 bits per heavy atom. The quantitative estimate of drug-likeness (QED) is 0.404. The van der Waals surface area contributed by atoms with Crippen molar-refractivity contribution in [2.24, 2.45) is 34.5 Å². The fourth-order valence-electron chi connectivity index (χ4n) is 7.01. The Balaban J connectivity index is 0.000000390. The molecule has 0 heterocycles. The number of rotatable bonds is 0. The number of aliphatic hydroxyl groups excluding tert-OH is 1. The van der Waals surface area contributed by atoms with E-state index in [1.807, 2.05) is 0 Å². The van der Waals surface area contributed by atoms with E-state index in [9.17, 15) is 9.90 Å². The number of hydrogen-bond donors (Lipinski definition) is 3. The number of ketones is 1. The SMILES string of the molecule is C[C@]12CC[C@H](O)CC1CC[C@@H]1[C@@H]2CC[C@]2(C)C(=O)CC[C@@H]12.O=S(=O)(O)O.[KH]. The van der Waals surface area contributed by atoms with Gasteiger partial charge in [-0.25, -0.2) is 0 Å². The molecule has 0 aliphatic heterocycles. The van der Waals surface area contributed by atoms with Gasteiger partial charge in [-0.3, -0.25) is 13.9 Å². The van der Waals surface area contributed by atoms with Crippen LogP contribution in [-0.2, 0) is 15.2 Å². The van der Waals surface area contributed by atoms with Crippen LogP contribution in [0, 0.1) is 34.5 Å². The molecule has 27 heavy (non-hydrogen) atoms. The summed E-state index contributed by atoms with van der Waals surface area (Å²) < 4.78 is 31.6. The third-order valence-electron chi connectivity index (χ3n) is 8.35. The summed E-state index contributed by atoms with van der Waals surface area (Å²) in [4.78, 5) is 12.4. The van der Waals surface area contributed by atoms with Gasteiger partial charge in [-0.15, -0.1) is 0 Å². The molecule has 0 spiro atoms. The monoisotopic (exact) mass is 428 g/mol. The van der Waals surface area contributed by atoms with Crippen LogP contribution in [0.1, 0.15) is 71.6 Å². The van der Waals surface area contributed by atoms with Crippen molar-refractivity contribution in [2.75, 3.05) is 0 Å². The van der Waals surface area contributed by atoms with Crippen LogP contribution in [-0.4, -0.2) is 85.9 Å². The fraction of sp³-hybridized carbons (Fsp3) is 0.947. The normalized spacial score (nSPS) is 46.1. The van der Waals surface area contributed by atoms with Crippen molar-refractivity contribution in [3.63, 3.8) is 0 Å². The molecule has 0 saturated heterocycles. The van der Waals surface area contributed by atoms with E-state index in [1.54, 1.807) is 0 Å². The molecule has 0 aromatic heterocycles. The average Bonchev–Trinajstić information content (AvgIpc) is 2.82. The molecule has 0 radical (unpaired) electrons. The molecule has 3 N–H and O–H groups in total. The van der Waals surface area contributed by atoms with E-state index >= 15 is 0 Å². The molecule has 1 unspecified atom stereocenters. The molecular weight excluding hydrogens is 395 g/mol.